The fourth-order valence-corrected chi connectivity index (χ4v) is 6.34. The second-order valence-electron chi connectivity index (χ2n) is 12.8. The van der Waals surface area contributed by atoms with Crippen molar-refractivity contribution in [2.24, 2.45) is 0 Å². The molecule has 47 heavy (non-hydrogen) atoms. The van der Waals surface area contributed by atoms with Crippen molar-refractivity contribution in [3.05, 3.63) is 93.5 Å². The molecule has 250 valence electrons. The van der Waals surface area contributed by atoms with Gasteiger partial charge in [0.15, 0.2) is 0 Å². The Bertz CT molecular complexity index is 1700. The van der Waals surface area contributed by atoms with Gasteiger partial charge in [-0.2, -0.15) is 0 Å². The van der Waals surface area contributed by atoms with Crippen LogP contribution in [0.3, 0.4) is 0 Å². The molecule has 0 radical (unpaired) electrons. The van der Waals surface area contributed by atoms with E-state index in [-0.39, 0.29) is 18.3 Å². The van der Waals surface area contributed by atoms with Gasteiger partial charge in [-0.3, -0.25) is 24.1 Å². The van der Waals surface area contributed by atoms with Crippen LogP contribution in [0.2, 0.25) is 5.02 Å². The van der Waals surface area contributed by atoms with Crippen LogP contribution >= 0.6 is 11.6 Å². The smallest absolute Gasteiger partial charge is 0.266 e. The Morgan fingerprint density at radius 1 is 0.872 bits per heavy atom. The predicted molar refractivity (Wildman–Crippen MR) is 186 cm³/mol. The van der Waals surface area contributed by atoms with Gasteiger partial charge in [0.1, 0.15) is 30.2 Å². The van der Waals surface area contributed by atoms with E-state index in [2.05, 4.69) is 33.9 Å². The third-order valence-electron chi connectivity index (χ3n) is 8.88. The number of fused-ring (bicyclic) bond motifs is 1. The Balaban J connectivity index is 1.24. The molecule has 1 atom stereocenters. The summed E-state index contributed by atoms with van der Waals surface area (Å²) in [5, 5.41) is 12.1. The molecule has 10 nitrogen and oxygen atoms in total. The summed E-state index contributed by atoms with van der Waals surface area (Å²) in [4.78, 5) is 28.5. The van der Waals surface area contributed by atoms with Crippen LogP contribution in [0.1, 0.15) is 25.2 Å². The third-order valence-corrected chi connectivity index (χ3v) is 9.13. The number of aromatic nitrogens is 2. The number of hydrogen-bond donors (Lipinski definition) is 1. The molecule has 6 rings (SSSR count). The lowest BCUT2D eigenvalue weighted by Gasteiger charge is -2.37. The normalized spacial score (nSPS) is 17.7. The average Bonchev–Trinajstić information content (AvgIpc) is 3.06. The van der Waals surface area contributed by atoms with Crippen LogP contribution < -0.4 is 15.0 Å². The molecule has 1 unspecified atom stereocenters. The molecule has 0 saturated carbocycles. The van der Waals surface area contributed by atoms with Crippen LogP contribution in [0.15, 0.2) is 71.5 Å². The fourth-order valence-electron chi connectivity index (χ4n) is 6.21. The number of halogens is 1. The van der Waals surface area contributed by atoms with E-state index < -0.39 is 6.23 Å². The summed E-state index contributed by atoms with van der Waals surface area (Å²) in [5.41, 5.74) is 2.42. The molecule has 0 spiro atoms. The van der Waals surface area contributed by atoms with E-state index in [1.54, 1.807) is 28.8 Å². The summed E-state index contributed by atoms with van der Waals surface area (Å²) in [6, 6.07) is 20.9. The lowest BCUT2D eigenvalue weighted by atomic mass is 10.1. The minimum absolute atomic E-state index is 0.0621. The fraction of sp³-hybridized carbons (Fsp3) is 0.444. The van der Waals surface area contributed by atoms with Gasteiger partial charge in [0.05, 0.1) is 29.2 Å². The number of para-hydroxylation sites is 1. The lowest BCUT2D eigenvalue weighted by molar-refractivity contribution is -0.0505. The van der Waals surface area contributed by atoms with Crippen molar-refractivity contribution in [2.45, 2.75) is 39.3 Å². The van der Waals surface area contributed by atoms with Gasteiger partial charge < -0.3 is 19.5 Å². The van der Waals surface area contributed by atoms with Crippen molar-refractivity contribution in [1.29, 1.82) is 0 Å². The molecule has 2 saturated heterocycles. The van der Waals surface area contributed by atoms with Crippen molar-refractivity contribution >= 4 is 22.5 Å². The van der Waals surface area contributed by atoms with Crippen LogP contribution in [0.5, 0.6) is 11.5 Å². The van der Waals surface area contributed by atoms with Gasteiger partial charge in [0.2, 0.25) is 0 Å². The first-order chi connectivity index (χ1) is 22.7. The standard InChI is InChI=1S/C36H45ClN6O4/c1-26(2)47-33-13-8-27(23-40-16-14-39(3)15-17-40)22-32(33)43-34(38-31-7-5-4-6-30(31)36(43)45)24-41-18-20-42(21-19-41)35(44)25-46-29-11-9-28(37)10-12-29/h4-13,22,26,35,44H,14-21,23-25H2,1-3H3. The van der Waals surface area contributed by atoms with E-state index in [0.717, 1.165) is 44.0 Å². The maximum atomic E-state index is 14.3. The van der Waals surface area contributed by atoms with E-state index in [0.29, 0.717) is 66.0 Å². The first-order valence-corrected chi connectivity index (χ1v) is 16.9. The van der Waals surface area contributed by atoms with Gasteiger partial charge in [-0.15, -0.1) is 0 Å². The molecule has 1 N–H and O–H groups in total. The van der Waals surface area contributed by atoms with E-state index >= 15 is 0 Å². The lowest BCUT2D eigenvalue weighted by Crippen LogP contribution is -2.51. The molecule has 3 heterocycles. The van der Waals surface area contributed by atoms with Crippen molar-refractivity contribution in [2.75, 3.05) is 66.0 Å². The third kappa shape index (κ3) is 8.32. The van der Waals surface area contributed by atoms with E-state index in [4.69, 9.17) is 26.1 Å². The van der Waals surface area contributed by atoms with Crippen LogP contribution in [-0.4, -0.2) is 113 Å². The Kier molecular flexibility index (Phi) is 10.8. The van der Waals surface area contributed by atoms with Gasteiger partial charge in [0.25, 0.3) is 5.56 Å². The Labute approximate surface area is 281 Å². The molecule has 11 heteroatoms. The molecule has 2 aliphatic heterocycles. The van der Waals surface area contributed by atoms with Crippen molar-refractivity contribution in [1.82, 2.24) is 29.2 Å². The summed E-state index contributed by atoms with van der Waals surface area (Å²) in [6.07, 6.45) is -0.795. The SMILES string of the molecule is CC(C)Oc1ccc(CN2CCN(C)CC2)cc1-n1c(CN2CCN(C(O)COc3ccc(Cl)cc3)CC2)nc2ccccc2c1=O. The Morgan fingerprint density at radius 3 is 2.28 bits per heavy atom. The first-order valence-electron chi connectivity index (χ1n) is 16.5. The quantitative estimate of drug-likeness (QED) is 0.256. The topological polar surface area (TPSA) is 86.5 Å². The number of hydrogen-bond acceptors (Lipinski definition) is 9. The minimum Gasteiger partial charge on any atom is -0.489 e. The van der Waals surface area contributed by atoms with E-state index in [1.165, 1.54) is 0 Å². The minimum atomic E-state index is -0.733. The second kappa shape index (κ2) is 15.1. The summed E-state index contributed by atoms with van der Waals surface area (Å²) in [5.74, 6) is 2.00. The predicted octanol–water partition coefficient (Wildman–Crippen LogP) is 4.09. The number of nitrogens with zero attached hydrogens (tertiary/aromatic N) is 6. The van der Waals surface area contributed by atoms with Crippen LogP contribution in [0, 0.1) is 0 Å². The van der Waals surface area contributed by atoms with Gasteiger partial charge in [-0.05, 0) is 75.0 Å². The summed E-state index contributed by atoms with van der Waals surface area (Å²) in [7, 11) is 2.16. The van der Waals surface area contributed by atoms with E-state index in [9.17, 15) is 9.90 Å². The van der Waals surface area contributed by atoms with Gasteiger partial charge in [0, 0.05) is 63.9 Å². The molecule has 1 aromatic heterocycles. The first kappa shape index (κ1) is 33.4. The number of aliphatic hydroxyl groups excluding tert-OH is 1. The highest BCUT2D eigenvalue weighted by Gasteiger charge is 2.26. The summed E-state index contributed by atoms with van der Waals surface area (Å²) >= 11 is 5.97. The number of ether oxygens (including phenoxy) is 2. The zero-order valence-electron chi connectivity index (χ0n) is 27.5. The van der Waals surface area contributed by atoms with Crippen LogP contribution in [0.4, 0.5) is 0 Å². The molecule has 4 aromatic rings. The molecule has 0 amide bonds. The molecular weight excluding hydrogens is 616 g/mol. The Morgan fingerprint density at radius 2 is 1.55 bits per heavy atom. The zero-order chi connectivity index (χ0) is 32.9. The number of aliphatic hydroxyl groups is 1. The van der Waals surface area contributed by atoms with Crippen molar-refractivity contribution < 1.29 is 14.6 Å². The summed E-state index contributed by atoms with van der Waals surface area (Å²) < 4.78 is 13.8. The van der Waals surface area contributed by atoms with Gasteiger partial charge >= 0.3 is 0 Å². The highest BCUT2D eigenvalue weighted by molar-refractivity contribution is 6.30. The largest absolute Gasteiger partial charge is 0.489 e. The van der Waals surface area contributed by atoms with Gasteiger partial charge in [-0.25, -0.2) is 4.98 Å². The number of benzene rings is 3. The number of piperazine rings is 2. The highest BCUT2D eigenvalue weighted by Crippen LogP contribution is 2.28. The maximum absolute atomic E-state index is 14.3. The molecule has 2 aliphatic rings. The molecular formula is C36H45ClN6O4. The van der Waals surface area contributed by atoms with Crippen molar-refractivity contribution in [3.63, 3.8) is 0 Å². The molecule has 3 aromatic carbocycles. The highest BCUT2D eigenvalue weighted by atomic mass is 35.5. The number of rotatable bonds is 11. The maximum Gasteiger partial charge on any atom is 0.266 e. The molecule has 0 aliphatic carbocycles. The van der Waals surface area contributed by atoms with Crippen molar-refractivity contribution in [3.8, 4) is 17.2 Å². The zero-order valence-corrected chi connectivity index (χ0v) is 28.3. The summed E-state index contributed by atoms with van der Waals surface area (Å²) in [6.45, 7) is 12.3. The molecule has 0 bridgehead atoms. The van der Waals surface area contributed by atoms with E-state index in [1.807, 2.05) is 49.1 Å². The van der Waals surface area contributed by atoms with Gasteiger partial charge in [-0.1, -0.05) is 29.8 Å². The van der Waals surface area contributed by atoms with Crippen LogP contribution in [0.25, 0.3) is 16.6 Å². The number of likely N-dealkylation sites (N-methyl/N-ethyl adjacent to an activating group) is 1. The van der Waals surface area contributed by atoms with Crippen LogP contribution in [-0.2, 0) is 13.1 Å². The Hall–Kier alpha value is -3.51. The monoisotopic (exact) mass is 660 g/mol. The average molecular weight is 661 g/mol. The second-order valence-corrected chi connectivity index (χ2v) is 13.2. The molecule has 2 fully saturated rings.